The maximum atomic E-state index is 13.2. The van der Waals surface area contributed by atoms with Crippen molar-refractivity contribution in [3.8, 4) is 0 Å². The lowest BCUT2D eigenvalue weighted by Gasteiger charge is -2.12. The molecule has 0 aliphatic rings. The Bertz CT molecular complexity index is 463. The minimum atomic E-state index is -0.899. The number of rotatable bonds is 3. The van der Waals surface area contributed by atoms with Gasteiger partial charge in [0.25, 0.3) is 0 Å². The molecule has 98 valence electrons. The summed E-state index contributed by atoms with van der Waals surface area (Å²) in [7, 11) is 0. The van der Waals surface area contributed by atoms with Crippen molar-refractivity contribution in [2.45, 2.75) is 19.9 Å². The molecule has 0 heterocycles. The van der Waals surface area contributed by atoms with E-state index in [0.29, 0.717) is 0 Å². The average molecular weight is 254 g/mol. The van der Waals surface area contributed by atoms with Gasteiger partial charge in [0, 0.05) is 17.3 Å². The third-order valence-electron chi connectivity index (χ3n) is 2.37. The maximum absolute atomic E-state index is 13.2. The molecule has 5 nitrogen and oxygen atoms in total. The standard InChI is InChI=1S/C12H15FN2O3/c1-7(6-16)14-11(17)12(18)15-10-5-3-4-9(13)8(10)2/h3-5,7,16H,6H2,1-2H3,(H,14,17)(H,15,18). The first kappa shape index (κ1) is 14.1. The van der Waals surface area contributed by atoms with Crippen LogP contribution in [0.15, 0.2) is 18.2 Å². The van der Waals surface area contributed by atoms with Gasteiger partial charge in [0.15, 0.2) is 0 Å². The zero-order valence-electron chi connectivity index (χ0n) is 10.2. The summed E-state index contributed by atoms with van der Waals surface area (Å²) in [6.45, 7) is 2.79. The van der Waals surface area contributed by atoms with Crippen molar-refractivity contribution in [1.82, 2.24) is 5.32 Å². The Morgan fingerprint density at radius 3 is 2.67 bits per heavy atom. The van der Waals surface area contributed by atoms with E-state index in [-0.39, 0.29) is 17.9 Å². The fourth-order valence-corrected chi connectivity index (χ4v) is 1.26. The van der Waals surface area contributed by atoms with Crippen LogP contribution in [0.4, 0.5) is 10.1 Å². The Hall–Kier alpha value is -1.95. The van der Waals surface area contributed by atoms with Gasteiger partial charge in [0.2, 0.25) is 0 Å². The first-order valence-electron chi connectivity index (χ1n) is 5.43. The number of aliphatic hydroxyl groups is 1. The van der Waals surface area contributed by atoms with E-state index < -0.39 is 23.7 Å². The van der Waals surface area contributed by atoms with Crippen molar-refractivity contribution in [2.75, 3.05) is 11.9 Å². The molecule has 0 aliphatic heterocycles. The third-order valence-corrected chi connectivity index (χ3v) is 2.37. The lowest BCUT2D eigenvalue weighted by Crippen LogP contribution is -2.42. The number of aliphatic hydroxyl groups excluding tert-OH is 1. The molecular formula is C12H15FN2O3. The van der Waals surface area contributed by atoms with Crippen LogP contribution in [-0.4, -0.2) is 29.6 Å². The second-order valence-corrected chi connectivity index (χ2v) is 3.92. The molecule has 1 unspecified atom stereocenters. The van der Waals surface area contributed by atoms with E-state index in [0.717, 1.165) is 0 Å². The van der Waals surface area contributed by atoms with Crippen LogP contribution in [0.5, 0.6) is 0 Å². The van der Waals surface area contributed by atoms with Crippen LogP contribution in [0.3, 0.4) is 0 Å². The lowest BCUT2D eigenvalue weighted by atomic mass is 10.2. The van der Waals surface area contributed by atoms with Gasteiger partial charge >= 0.3 is 11.8 Å². The SMILES string of the molecule is Cc1c(F)cccc1NC(=O)C(=O)NC(C)CO. The molecular weight excluding hydrogens is 239 g/mol. The molecule has 0 saturated carbocycles. The number of carbonyl (C=O) groups excluding carboxylic acids is 2. The molecule has 1 aromatic carbocycles. The van der Waals surface area contributed by atoms with Crippen LogP contribution in [0.1, 0.15) is 12.5 Å². The summed E-state index contributed by atoms with van der Waals surface area (Å²) in [5, 5.41) is 13.3. The monoisotopic (exact) mass is 254 g/mol. The number of hydrogen-bond donors (Lipinski definition) is 3. The normalized spacial score (nSPS) is 11.8. The van der Waals surface area contributed by atoms with Crippen LogP contribution in [0.2, 0.25) is 0 Å². The summed E-state index contributed by atoms with van der Waals surface area (Å²) < 4.78 is 13.2. The number of halogens is 1. The number of carbonyl (C=O) groups is 2. The number of amides is 2. The van der Waals surface area contributed by atoms with E-state index >= 15 is 0 Å². The van der Waals surface area contributed by atoms with Crippen molar-refractivity contribution in [2.24, 2.45) is 0 Å². The van der Waals surface area contributed by atoms with Crippen molar-refractivity contribution in [1.29, 1.82) is 0 Å². The van der Waals surface area contributed by atoms with Crippen molar-refractivity contribution >= 4 is 17.5 Å². The molecule has 0 bridgehead atoms. The second-order valence-electron chi connectivity index (χ2n) is 3.92. The molecule has 1 atom stereocenters. The van der Waals surface area contributed by atoms with E-state index in [1.165, 1.54) is 25.1 Å². The Morgan fingerprint density at radius 2 is 2.06 bits per heavy atom. The maximum Gasteiger partial charge on any atom is 0.313 e. The van der Waals surface area contributed by atoms with Gasteiger partial charge in [-0.25, -0.2) is 4.39 Å². The number of hydrogen-bond acceptors (Lipinski definition) is 3. The Kier molecular flexibility index (Phi) is 4.79. The third kappa shape index (κ3) is 3.53. The summed E-state index contributed by atoms with van der Waals surface area (Å²) in [5.74, 6) is -2.24. The first-order valence-corrected chi connectivity index (χ1v) is 5.43. The summed E-state index contributed by atoms with van der Waals surface area (Å²) in [6.07, 6.45) is 0. The van der Waals surface area contributed by atoms with Gasteiger partial charge < -0.3 is 15.7 Å². The highest BCUT2D eigenvalue weighted by molar-refractivity contribution is 6.39. The number of anilines is 1. The van der Waals surface area contributed by atoms with Gasteiger partial charge in [0.05, 0.1) is 6.61 Å². The zero-order valence-corrected chi connectivity index (χ0v) is 10.2. The summed E-state index contributed by atoms with van der Waals surface area (Å²) >= 11 is 0. The van der Waals surface area contributed by atoms with Gasteiger partial charge in [0.1, 0.15) is 5.82 Å². The Balaban J connectivity index is 2.70. The molecule has 0 saturated heterocycles. The first-order chi connectivity index (χ1) is 8.45. The molecule has 18 heavy (non-hydrogen) atoms. The minimum Gasteiger partial charge on any atom is -0.394 e. The van der Waals surface area contributed by atoms with Crippen LogP contribution >= 0.6 is 0 Å². The second kappa shape index (κ2) is 6.11. The van der Waals surface area contributed by atoms with E-state index in [1.807, 2.05) is 0 Å². The van der Waals surface area contributed by atoms with Gasteiger partial charge in [-0.1, -0.05) is 6.07 Å². The molecule has 3 N–H and O–H groups in total. The van der Waals surface area contributed by atoms with Crippen LogP contribution in [0.25, 0.3) is 0 Å². The molecule has 0 radical (unpaired) electrons. The van der Waals surface area contributed by atoms with Gasteiger partial charge in [-0.05, 0) is 26.0 Å². The zero-order chi connectivity index (χ0) is 13.7. The quantitative estimate of drug-likeness (QED) is 0.690. The lowest BCUT2D eigenvalue weighted by molar-refractivity contribution is -0.136. The predicted molar refractivity (Wildman–Crippen MR) is 64.5 cm³/mol. The Labute approximate surface area is 104 Å². The number of benzene rings is 1. The number of nitrogens with one attached hydrogen (secondary N) is 2. The fourth-order valence-electron chi connectivity index (χ4n) is 1.26. The molecule has 1 aromatic rings. The predicted octanol–water partition coefficient (Wildman–Crippen LogP) is 0.570. The molecule has 1 rings (SSSR count). The fraction of sp³-hybridized carbons (Fsp3) is 0.333. The molecule has 0 fully saturated rings. The highest BCUT2D eigenvalue weighted by Crippen LogP contribution is 2.17. The van der Waals surface area contributed by atoms with Gasteiger partial charge in [-0.15, -0.1) is 0 Å². The van der Waals surface area contributed by atoms with Crippen molar-refractivity contribution in [3.05, 3.63) is 29.6 Å². The highest BCUT2D eigenvalue weighted by Gasteiger charge is 2.17. The van der Waals surface area contributed by atoms with E-state index in [4.69, 9.17) is 5.11 Å². The highest BCUT2D eigenvalue weighted by atomic mass is 19.1. The van der Waals surface area contributed by atoms with E-state index in [2.05, 4.69) is 10.6 Å². The molecule has 0 aromatic heterocycles. The van der Waals surface area contributed by atoms with Crippen LogP contribution in [-0.2, 0) is 9.59 Å². The average Bonchev–Trinajstić information content (AvgIpc) is 2.34. The van der Waals surface area contributed by atoms with Crippen molar-refractivity contribution in [3.63, 3.8) is 0 Å². The minimum absolute atomic E-state index is 0.242. The van der Waals surface area contributed by atoms with E-state index in [1.54, 1.807) is 6.92 Å². The summed E-state index contributed by atoms with van der Waals surface area (Å²) in [6, 6.07) is 3.68. The Morgan fingerprint density at radius 1 is 1.39 bits per heavy atom. The van der Waals surface area contributed by atoms with Gasteiger partial charge in [-0.2, -0.15) is 0 Å². The smallest absolute Gasteiger partial charge is 0.313 e. The summed E-state index contributed by atoms with van der Waals surface area (Å²) in [5.41, 5.74) is 0.501. The molecule has 0 aliphatic carbocycles. The molecule has 6 heteroatoms. The molecule has 2 amide bonds. The largest absolute Gasteiger partial charge is 0.394 e. The van der Waals surface area contributed by atoms with E-state index in [9.17, 15) is 14.0 Å². The van der Waals surface area contributed by atoms with Crippen molar-refractivity contribution < 1.29 is 19.1 Å². The molecule has 0 spiro atoms. The van der Waals surface area contributed by atoms with Crippen LogP contribution in [0, 0.1) is 12.7 Å². The topological polar surface area (TPSA) is 78.4 Å². The summed E-state index contributed by atoms with van der Waals surface area (Å²) in [4.78, 5) is 22.9. The van der Waals surface area contributed by atoms with Gasteiger partial charge in [-0.3, -0.25) is 9.59 Å². The van der Waals surface area contributed by atoms with Crippen LogP contribution < -0.4 is 10.6 Å².